The number of amides is 2. The quantitative estimate of drug-likeness (QED) is 0.551. The van der Waals surface area contributed by atoms with E-state index in [0.717, 1.165) is 6.42 Å². The molecule has 0 aromatic heterocycles. The molecule has 0 aliphatic heterocycles. The summed E-state index contributed by atoms with van der Waals surface area (Å²) in [5.74, 6) is -0.433. The largest absolute Gasteiger partial charge is 0.385 e. The topological polar surface area (TPSA) is 84.7 Å². The summed E-state index contributed by atoms with van der Waals surface area (Å²) in [4.78, 5) is 24.8. The highest BCUT2D eigenvalue weighted by Crippen LogP contribution is 2.04. The molecule has 18 heavy (non-hydrogen) atoms. The van der Waals surface area contributed by atoms with E-state index >= 15 is 0 Å². The number of methoxy groups -OCH3 is 1. The first-order valence-corrected chi connectivity index (χ1v) is 6.27. The lowest BCUT2D eigenvalue weighted by atomic mass is 10.1. The van der Waals surface area contributed by atoms with Crippen LogP contribution in [0.5, 0.6) is 0 Å². The molecule has 0 aliphatic carbocycles. The molecule has 0 fully saturated rings. The maximum atomic E-state index is 11.9. The second-order valence-corrected chi connectivity index (χ2v) is 4.23. The summed E-state index contributed by atoms with van der Waals surface area (Å²) in [6.45, 7) is 3.47. The van der Waals surface area contributed by atoms with Gasteiger partial charge in [0.2, 0.25) is 11.8 Å². The normalized spacial score (nSPS) is 12.0. The van der Waals surface area contributed by atoms with Crippen LogP contribution in [0, 0.1) is 5.92 Å². The van der Waals surface area contributed by atoms with Crippen LogP contribution in [-0.2, 0) is 14.3 Å². The number of hydrogen-bond acceptors (Lipinski definition) is 4. The number of carbonyl (C=O) groups is 2. The SMILES string of the molecule is CCC(CN)C(=O)N(C)CC(=O)NCCCOC. The minimum atomic E-state index is -0.198. The minimum absolute atomic E-state index is 0.0717. The van der Waals surface area contributed by atoms with Crippen molar-refractivity contribution in [3.05, 3.63) is 0 Å². The van der Waals surface area contributed by atoms with Gasteiger partial charge in [0.05, 0.1) is 12.5 Å². The molecule has 6 heteroatoms. The standard InChI is InChI=1S/C12H25N3O3/c1-4-10(8-13)12(17)15(2)9-11(16)14-6-5-7-18-3/h10H,4-9,13H2,1-3H3,(H,14,16). The van der Waals surface area contributed by atoms with Gasteiger partial charge in [0.25, 0.3) is 0 Å². The molecule has 0 saturated carbocycles. The van der Waals surface area contributed by atoms with E-state index in [0.29, 0.717) is 26.1 Å². The number of ether oxygens (including phenoxy) is 1. The van der Waals surface area contributed by atoms with Crippen molar-refractivity contribution in [1.29, 1.82) is 0 Å². The number of likely N-dealkylation sites (N-methyl/N-ethyl adjacent to an activating group) is 1. The van der Waals surface area contributed by atoms with E-state index in [1.165, 1.54) is 4.90 Å². The first-order chi connectivity index (χ1) is 8.56. The molecule has 3 N–H and O–H groups in total. The maximum absolute atomic E-state index is 11.9. The molecule has 106 valence electrons. The van der Waals surface area contributed by atoms with Crippen molar-refractivity contribution < 1.29 is 14.3 Å². The molecule has 0 bridgehead atoms. The zero-order valence-corrected chi connectivity index (χ0v) is 11.6. The lowest BCUT2D eigenvalue weighted by Gasteiger charge is -2.21. The van der Waals surface area contributed by atoms with E-state index < -0.39 is 0 Å². The van der Waals surface area contributed by atoms with Crippen LogP contribution in [0.4, 0.5) is 0 Å². The fourth-order valence-corrected chi connectivity index (χ4v) is 1.55. The summed E-state index contributed by atoms with van der Waals surface area (Å²) in [6.07, 6.45) is 1.45. The first-order valence-electron chi connectivity index (χ1n) is 6.27. The van der Waals surface area contributed by atoms with Gasteiger partial charge in [-0.15, -0.1) is 0 Å². The molecule has 1 unspecified atom stereocenters. The molecular formula is C12H25N3O3. The zero-order valence-electron chi connectivity index (χ0n) is 11.6. The van der Waals surface area contributed by atoms with Gasteiger partial charge >= 0.3 is 0 Å². The third-order valence-electron chi connectivity index (χ3n) is 2.73. The van der Waals surface area contributed by atoms with Crippen molar-refractivity contribution in [3.63, 3.8) is 0 Å². The summed E-state index contributed by atoms with van der Waals surface area (Å²) in [5.41, 5.74) is 5.50. The van der Waals surface area contributed by atoms with E-state index in [9.17, 15) is 9.59 Å². The number of hydrogen-bond donors (Lipinski definition) is 2. The summed E-state index contributed by atoms with van der Waals surface area (Å²) >= 11 is 0. The van der Waals surface area contributed by atoms with Crippen LogP contribution in [0.3, 0.4) is 0 Å². The van der Waals surface area contributed by atoms with Gasteiger partial charge in [0.1, 0.15) is 0 Å². The zero-order chi connectivity index (χ0) is 14.0. The van der Waals surface area contributed by atoms with E-state index in [1.807, 2.05) is 6.92 Å². The Balaban J connectivity index is 3.95. The molecule has 0 heterocycles. The van der Waals surface area contributed by atoms with Crippen LogP contribution >= 0.6 is 0 Å². The van der Waals surface area contributed by atoms with Crippen molar-refractivity contribution >= 4 is 11.8 Å². The van der Waals surface area contributed by atoms with Crippen LogP contribution in [0.15, 0.2) is 0 Å². The van der Waals surface area contributed by atoms with Gasteiger partial charge in [-0.05, 0) is 12.8 Å². The summed E-state index contributed by atoms with van der Waals surface area (Å²) in [5, 5.41) is 2.73. The van der Waals surface area contributed by atoms with Gasteiger partial charge in [-0.3, -0.25) is 9.59 Å². The van der Waals surface area contributed by atoms with Gasteiger partial charge in [-0.1, -0.05) is 6.92 Å². The minimum Gasteiger partial charge on any atom is -0.385 e. The highest BCUT2D eigenvalue weighted by atomic mass is 16.5. The molecule has 0 aromatic rings. The summed E-state index contributed by atoms with van der Waals surface area (Å²) in [7, 11) is 3.24. The Labute approximate surface area is 109 Å². The van der Waals surface area contributed by atoms with Crippen LogP contribution in [0.2, 0.25) is 0 Å². The second kappa shape index (κ2) is 9.85. The van der Waals surface area contributed by atoms with Crippen molar-refractivity contribution in [1.82, 2.24) is 10.2 Å². The number of nitrogens with two attached hydrogens (primary N) is 1. The number of rotatable bonds is 9. The monoisotopic (exact) mass is 259 g/mol. The lowest BCUT2D eigenvalue weighted by molar-refractivity contribution is -0.137. The summed E-state index contributed by atoms with van der Waals surface area (Å²) in [6, 6.07) is 0. The van der Waals surface area contributed by atoms with Crippen LogP contribution < -0.4 is 11.1 Å². The Bertz CT molecular complexity index is 255. The van der Waals surface area contributed by atoms with E-state index in [2.05, 4.69) is 5.32 Å². The molecular weight excluding hydrogens is 234 g/mol. The van der Waals surface area contributed by atoms with Crippen molar-refractivity contribution in [2.45, 2.75) is 19.8 Å². The molecule has 0 radical (unpaired) electrons. The Hall–Kier alpha value is -1.14. The van der Waals surface area contributed by atoms with E-state index in [-0.39, 0.29) is 24.3 Å². The van der Waals surface area contributed by atoms with Crippen LogP contribution in [0.25, 0.3) is 0 Å². The molecule has 0 aliphatic rings. The molecule has 0 rings (SSSR count). The van der Waals surface area contributed by atoms with Gasteiger partial charge in [0.15, 0.2) is 0 Å². The van der Waals surface area contributed by atoms with Crippen LogP contribution in [0.1, 0.15) is 19.8 Å². The van der Waals surface area contributed by atoms with E-state index in [4.69, 9.17) is 10.5 Å². The Morgan fingerprint density at radius 1 is 1.44 bits per heavy atom. The number of carbonyl (C=O) groups excluding carboxylic acids is 2. The van der Waals surface area contributed by atoms with Gasteiger partial charge in [-0.2, -0.15) is 0 Å². The fourth-order valence-electron chi connectivity index (χ4n) is 1.55. The smallest absolute Gasteiger partial charge is 0.239 e. The highest BCUT2D eigenvalue weighted by molar-refractivity contribution is 5.85. The molecule has 0 saturated heterocycles. The van der Waals surface area contributed by atoms with Crippen molar-refractivity contribution in [2.75, 3.05) is 40.4 Å². The Morgan fingerprint density at radius 2 is 2.11 bits per heavy atom. The fraction of sp³-hybridized carbons (Fsp3) is 0.833. The molecule has 0 aromatic carbocycles. The van der Waals surface area contributed by atoms with Gasteiger partial charge < -0.3 is 20.7 Å². The van der Waals surface area contributed by atoms with Crippen molar-refractivity contribution in [2.24, 2.45) is 11.7 Å². The third kappa shape index (κ3) is 6.56. The highest BCUT2D eigenvalue weighted by Gasteiger charge is 2.20. The third-order valence-corrected chi connectivity index (χ3v) is 2.73. The second-order valence-electron chi connectivity index (χ2n) is 4.23. The molecule has 2 amide bonds. The van der Waals surface area contributed by atoms with Gasteiger partial charge in [0, 0.05) is 33.9 Å². The average Bonchev–Trinajstić information content (AvgIpc) is 2.36. The number of nitrogens with zero attached hydrogens (tertiary/aromatic N) is 1. The lowest BCUT2D eigenvalue weighted by Crippen LogP contribution is -2.42. The predicted molar refractivity (Wildman–Crippen MR) is 70.0 cm³/mol. The predicted octanol–water partition coefficient (Wildman–Crippen LogP) is -0.418. The Morgan fingerprint density at radius 3 is 2.61 bits per heavy atom. The Kier molecular flexibility index (Phi) is 9.22. The first kappa shape index (κ1) is 16.9. The van der Waals surface area contributed by atoms with Crippen LogP contribution in [-0.4, -0.2) is 57.1 Å². The van der Waals surface area contributed by atoms with Crippen molar-refractivity contribution in [3.8, 4) is 0 Å². The van der Waals surface area contributed by atoms with E-state index in [1.54, 1.807) is 14.2 Å². The molecule has 1 atom stereocenters. The molecule has 6 nitrogen and oxygen atoms in total. The average molecular weight is 259 g/mol. The summed E-state index contributed by atoms with van der Waals surface area (Å²) < 4.78 is 4.87. The maximum Gasteiger partial charge on any atom is 0.239 e. The van der Waals surface area contributed by atoms with Gasteiger partial charge in [-0.25, -0.2) is 0 Å². The molecule has 0 spiro atoms. The number of nitrogens with one attached hydrogen (secondary N) is 1.